The smallest absolute Gasteiger partial charge is 0.397 e. The molecule has 2 heterocycles. The third-order valence-corrected chi connectivity index (χ3v) is 6.12. The second-order valence-electron chi connectivity index (χ2n) is 8.32. The van der Waals surface area contributed by atoms with Gasteiger partial charge in [-0.05, 0) is 42.3 Å². The topological polar surface area (TPSA) is 84.4 Å². The molecule has 0 spiro atoms. The van der Waals surface area contributed by atoms with Crippen LogP contribution in [0.5, 0.6) is 0 Å². The molecule has 0 saturated carbocycles. The molecule has 39 heavy (non-hydrogen) atoms. The van der Waals surface area contributed by atoms with E-state index in [0.717, 1.165) is 17.8 Å². The average Bonchev–Trinajstić information content (AvgIpc) is 2.96. The highest BCUT2D eigenvalue weighted by atomic mass is 35.5. The minimum atomic E-state index is -0.879. The number of carbonyl (C=O) groups is 2. The van der Waals surface area contributed by atoms with Crippen LogP contribution in [0.3, 0.4) is 0 Å². The molecule has 0 aliphatic rings. The second kappa shape index (κ2) is 16.2. The van der Waals surface area contributed by atoms with Crippen LogP contribution in [0.25, 0.3) is 0 Å². The first kappa shape index (κ1) is 29.8. The van der Waals surface area contributed by atoms with Gasteiger partial charge in [0, 0.05) is 32.0 Å². The maximum atomic E-state index is 12.3. The Bertz CT molecular complexity index is 1320. The molecule has 202 valence electrons. The van der Waals surface area contributed by atoms with E-state index in [1.54, 1.807) is 31.5 Å². The van der Waals surface area contributed by atoms with Gasteiger partial charge in [-0.1, -0.05) is 83.9 Å². The van der Waals surface area contributed by atoms with Gasteiger partial charge in [-0.25, -0.2) is 4.79 Å². The SMILES string of the molecule is CCOC(=O)C(=O)N(Cc1ccccc1)Cc1ncccc1Cl.Clc1cccnc1CNCc1ccccc1. The minimum absolute atomic E-state index is 0.131. The summed E-state index contributed by atoms with van der Waals surface area (Å²) in [7, 11) is 0. The third kappa shape index (κ3) is 10.1. The third-order valence-electron chi connectivity index (χ3n) is 5.43. The van der Waals surface area contributed by atoms with E-state index in [9.17, 15) is 9.59 Å². The summed E-state index contributed by atoms with van der Waals surface area (Å²) in [5.41, 5.74) is 3.58. The lowest BCUT2D eigenvalue weighted by molar-refractivity contribution is -0.160. The number of pyridine rings is 2. The number of nitrogens with zero attached hydrogens (tertiary/aromatic N) is 3. The van der Waals surface area contributed by atoms with Crippen LogP contribution in [0.15, 0.2) is 97.3 Å². The maximum absolute atomic E-state index is 12.3. The quantitative estimate of drug-likeness (QED) is 0.203. The van der Waals surface area contributed by atoms with Gasteiger partial charge in [0.05, 0.1) is 34.6 Å². The van der Waals surface area contributed by atoms with Crippen molar-refractivity contribution in [1.82, 2.24) is 20.2 Å². The fraction of sp³-hybridized carbons (Fsp3) is 0.200. The van der Waals surface area contributed by atoms with Gasteiger partial charge in [-0.3, -0.25) is 14.8 Å². The lowest BCUT2D eigenvalue weighted by Crippen LogP contribution is -2.37. The van der Waals surface area contributed by atoms with Crippen molar-refractivity contribution in [1.29, 1.82) is 0 Å². The van der Waals surface area contributed by atoms with Gasteiger partial charge >= 0.3 is 11.9 Å². The normalized spacial score (nSPS) is 10.2. The summed E-state index contributed by atoms with van der Waals surface area (Å²) >= 11 is 12.1. The molecule has 2 aromatic heterocycles. The summed E-state index contributed by atoms with van der Waals surface area (Å²) in [6, 6.07) is 26.7. The first-order chi connectivity index (χ1) is 19.0. The summed E-state index contributed by atoms with van der Waals surface area (Å²) in [6.07, 6.45) is 3.35. The summed E-state index contributed by atoms with van der Waals surface area (Å²) in [4.78, 5) is 33.9. The molecule has 0 bridgehead atoms. The van der Waals surface area contributed by atoms with E-state index < -0.39 is 11.9 Å². The van der Waals surface area contributed by atoms with Crippen molar-refractivity contribution in [2.75, 3.05) is 6.61 Å². The molecule has 0 fully saturated rings. The van der Waals surface area contributed by atoms with Gasteiger partial charge in [-0.15, -0.1) is 0 Å². The Morgan fingerprint density at radius 1 is 0.744 bits per heavy atom. The number of hydrogen-bond donors (Lipinski definition) is 1. The molecule has 0 atom stereocenters. The molecular weight excluding hydrogens is 535 g/mol. The van der Waals surface area contributed by atoms with E-state index in [4.69, 9.17) is 27.9 Å². The van der Waals surface area contributed by atoms with Crippen molar-refractivity contribution in [3.63, 3.8) is 0 Å². The van der Waals surface area contributed by atoms with E-state index in [1.807, 2.05) is 60.7 Å². The zero-order chi connectivity index (χ0) is 27.9. The molecule has 0 aliphatic carbocycles. The second-order valence-corrected chi connectivity index (χ2v) is 9.13. The van der Waals surface area contributed by atoms with Crippen molar-refractivity contribution in [3.05, 3.63) is 130 Å². The standard InChI is InChI=1S/C17H17ClN2O3.C13H13ClN2/c1-2-23-17(22)16(21)20(11-13-7-4-3-5-8-13)12-15-14(18)9-6-10-19-15;14-12-7-4-8-16-13(12)10-15-9-11-5-2-1-3-6-11/h3-10H,2,11-12H2,1H3;1-8,15H,9-10H2. The zero-order valence-electron chi connectivity index (χ0n) is 21.6. The largest absolute Gasteiger partial charge is 0.459 e. The maximum Gasteiger partial charge on any atom is 0.397 e. The Morgan fingerprint density at radius 2 is 1.31 bits per heavy atom. The summed E-state index contributed by atoms with van der Waals surface area (Å²) in [5.74, 6) is -1.59. The van der Waals surface area contributed by atoms with Gasteiger partial charge in [0.15, 0.2) is 0 Å². The lowest BCUT2D eigenvalue weighted by atomic mass is 10.2. The molecule has 0 unspecified atom stereocenters. The Kier molecular flexibility index (Phi) is 12.4. The van der Waals surface area contributed by atoms with Gasteiger partial charge in [-0.2, -0.15) is 0 Å². The highest BCUT2D eigenvalue weighted by molar-refractivity contribution is 6.33. The number of rotatable bonds is 9. The highest BCUT2D eigenvalue weighted by Gasteiger charge is 2.24. The highest BCUT2D eigenvalue weighted by Crippen LogP contribution is 2.17. The van der Waals surface area contributed by atoms with Crippen LogP contribution in [0.4, 0.5) is 0 Å². The predicted molar refractivity (Wildman–Crippen MR) is 153 cm³/mol. The molecule has 0 saturated heterocycles. The molecule has 7 nitrogen and oxygen atoms in total. The van der Waals surface area contributed by atoms with Gasteiger partial charge in [0.2, 0.25) is 0 Å². The van der Waals surface area contributed by atoms with Gasteiger partial charge in [0.1, 0.15) is 0 Å². The van der Waals surface area contributed by atoms with Gasteiger partial charge < -0.3 is 15.0 Å². The average molecular weight is 566 g/mol. The minimum Gasteiger partial charge on any atom is -0.459 e. The van der Waals surface area contributed by atoms with Crippen LogP contribution >= 0.6 is 23.2 Å². The molecule has 0 radical (unpaired) electrons. The molecule has 2 aromatic carbocycles. The molecular formula is C30H30Cl2N4O3. The van der Waals surface area contributed by atoms with Crippen LogP contribution in [0.1, 0.15) is 29.4 Å². The van der Waals surface area contributed by atoms with Crippen molar-refractivity contribution in [2.24, 2.45) is 0 Å². The first-order valence-electron chi connectivity index (χ1n) is 12.4. The number of ether oxygens (including phenoxy) is 1. The Balaban J connectivity index is 0.000000230. The van der Waals surface area contributed by atoms with E-state index in [0.29, 0.717) is 22.3 Å². The molecule has 1 N–H and O–H groups in total. The number of carbonyl (C=O) groups excluding carboxylic acids is 2. The number of esters is 1. The Morgan fingerprint density at radius 3 is 1.87 bits per heavy atom. The molecule has 4 aromatic rings. The molecule has 9 heteroatoms. The number of halogens is 2. The van der Waals surface area contributed by atoms with Crippen LogP contribution in [0.2, 0.25) is 10.0 Å². The van der Waals surface area contributed by atoms with Gasteiger partial charge in [0.25, 0.3) is 0 Å². The van der Waals surface area contributed by atoms with E-state index in [2.05, 4.69) is 27.4 Å². The van der Waals surface area contributed by atoms with Crippen LogP contribution in [-0.2, 0) is 40.5 Å². The summed E-state index contributed by atoms with van der Waals surface area (Å²) in [6.45, 7) is 3.72. The van der Waals surface area contributed by atoms with Crippen LogP contribution in [0, 0.1) is 0 Å². The zero-order valence-corrected chi connectivity index (χ0v) is 23.1. The number of nitrogens with one attached hydrogen (secondary N) is 1. The fourth-order valence-corrected chi connectivity index (χ4v) is 3.88. The predicted octanol–water partition coefficient (Wildman–Crippen LogP) is 5.85. The van der Waals surface area contributed by atoms with E-state index in [-0.39, 0.29) is 19.7 Å². The number of benzene rings is 2. The fourth-order valence-electron chi connectivity index (χ4n) is 3.51. The first-order valence-corrected chi connectivity index (χ1v) is 13.2. The van der Waals surface area contributed by atoms with Crippen LogP contribution in [-0.4, -0.2) is 33.4 Å². The molecule has 4 rings (SSSR count). The van der Waals surface area contributed by atoms with Crippen molar-refractivity contribution in [3.8, 4) is 0 Å². The monoisotopic (exact) mass is 564 g/mol. The molecule has 0 aliphatic heterocycles. The Labute approximate surface area is 238 Å². The van der Waals surface area contributed by atoms with E-state index in [1.165, 1.54) is 10.5 Å². The number of aromatic nitrogens is 2. The number of amides is 1. The van der Waals surface area contributed by atoms with E-state index >= 15 is 0 Å². The van der Waals surface area contributed by atoms with Crippen molar-refractivity contribution >= 4 is 35.1 Å². The van der Waals surface area contributed by atoms with Crippen molar-refractivity contribution in [2.45, 2.75) is 33.1 Å². The Hall–Kier alpha value is -3.78. The summed E-state index contributed by atoms with van der Waals surface area (Å²) < 4.78 is 4.81. The summed E-state index contributed by atoms with van der Waals surface area (Å²) in [5, 5.41) is 4.47. The lowest BCUT2D eigenvalue weighted by Gasteiger charge is -2.21. The van der Waals surface area contributed by atoms with Crippen molar-refractivity contribution < 1.29 is 14.3 Å². The number of hydrogen-bond acceptors (Lipinski definition) is 6. The van der Waals surface area contributed by atoms with Crippen LogP contribution < -0.4 is 5.32 Å². The molecule has 1 amide bonds.